The maximum absolute atomic E-state index is 12.9. The van der Waals surface area contributed by atoms with E-state index in [2.05, 4.69) is 44.4 Å². The Morgan fingerprint density at radius 2 is 1.70 bits per heavy atom. The van der Waals surface area contributed by atoms with E-state index in [1.54, 1.807) is 0 Å². The number of piperidine rings is 1. The van der Waals surface area contributed by atoms with Crippen LogP contribution >= 0.6 is 23.8 Å². The fraction of sp³-hybridized carbons (Fsp3) is 0.440. The number of nitrogens with zero attached hydrogens (tertiary/aromatic N) is 4. The van der Waals surface area contributed by atoms with Gasteiger partial charge in [-0.25, -0.2) is 0 Å². The molecular formula is C25H29ClN4O2S. The van der Waals surface area contributed by atoms with E-state index >= 15 is 0 Å². The summed E-state index contributed by atoms with van der Waals surface area (Å²) in [6.07, 6.45) is 1.76. The Morgan fingerprint density at radius 3 is 2.42 bits per heavy atom. The number of hydrogen-bond acceptors (Lipinski definition) is 4. The smallest absolute Gasteiger partial charge is 0.225 e. The summed E-state index contributed by atoms with van der Waals surface area (Å²) in [6.45, 7) is 5.93. The molecule has 0 radical (unpaired) electrons. The van der Waals surface area contributed by atoms with Gasteiger partial charge in [-0.1, -0.05) is 41.9 Å². The van der Waals surface area contributed by atoms with Crippen molar-refractivity contribution in [3.05, 3.63) is 63.9 Å². The summed E-state index contributed by atoms with van der Waals surface area (Å²) in [4.78, 5) is 17.2. The van der Waals surface area contributed by atoms with E-state index in [0.29, 0.717) is 30.8 Å². The quantitative estimate of drug-likeness (QED) is 0.503. The van der Waals surface area contributed by atoms with Crippen LogP contribution in [0.2, 0.25) is 5.02 Å². The molecule has 0 spiro atoms. The first kappa shape index (κ1) is 22.6. The highest BCUT2D eigenvalue weighted by molar-refractivity contribution is 7.71. The highest BCUT2D eigenvalue weighted by atomic mass is 35.5. The summed E-state index contributed by atoms with van der Waals surface area (Å²) >= 11 is 12.3. The number of likely N-dealkylation sites (tertiary alicyclic amines) is 1. The number of morpholine rings is 1. The predicted octanol–water partition coefficient (Wildman–Crippen LogP) is 4.40. The van der Waals surface area contributed by atoms with Gasteiger partial charge in [0.2, 0.25) is 5.91 Å². The molecule has 2 aliphatic rings. The van der Waals surface area contributed by atoms with Crippen molar-refractivity contribution < 1.29 is 9.53 Å². The van der Waals surface area contributed by atoms with Crippen molar-refractivity contribution >= 4 is 40.8 Å². The first-order chi connectivity index (χ1) is 16.1. The van der Waals surface area contributed by atoms with E-state index in [-0.39, 0.29) is 5.92 Å². The number of aromatic nitrogens is 2. The number of hydrogen-bond donors (Lipinski definition) is 0. The largest absolute Gasteiger partial charge is 0.378 e. The number of carbonyl (C=O) groups excluding carboxylic acids is 1. The van der Waals surface area contributed by atoms with Gasteiger partial charge in [0.05, 0.1) is 37.5 Å². The van der Waals surface area contributed by atoms with E-state index in [1.807, 2.05) is 23.1 Å². The molecule has 174 valence electrons. The monoisotopic (exact) mass is 484 g/mol. The van der Waals surface area contributed by atoms with Crippen LogP contribution in [0.15, 0.2) is 48.5 Å². The highest BCUT2D eigenvalue weighted by Gasteiger charge is 2.29. The van der Waals surface area contributed by atoms with E-state index in [9.17, 15) is 4.79 Å². The van der Waals surface area contributed by atoms with E-state index in [1.165, 1.54) is 5.56 Å². The average molecular weight is 485 g/mol. The number of ether oxygens (including phenoxy) is 1. The molecule has 1 amide bonds. The maximum atomic E-state index is 12.9. The van der Waals surface area contributed by atoms with Gasteiger partial charge in [0.1, 0.15) is 0 Å². The van der Waals surface area contributed by atoms with Gasteiger partial charge in [-0.15, -0.1) is 0 Å². The van der Waals surface area contributed by atoms with Crippen LogP contribution < -0.4 is 0 Å². The molecule has 3 heterocycles. The molecule has 8 heteroatoms. The Kier molecular flexibility index (Phi) is 6.83. The molecule has 0 atom stereocenters. The Bertz CT molecular complexity index is 1180. The van der Waals surface area contributed by atoms with Crippen LogP contribution in [0.25, 0.3) is 11.0 Å². The van der Waals surface area contributed by atoms with Gasteiger partial charge in [0.15, 0.2) is 4.77 Å². The minimum absolute atomic E-state index is 0.112. The fourth-order valence-electron chi connectivity index (χ4n) is 4.91. The lowest BCUT2D eigenvalue weighted by Crippen LogP contribution is -2.46. The molecule has 0 N–H and O–H groups in total. The number of fused-ring (bicyclic) bond motifs is 1. The second-order valence-corrected chi connectivity index (χ2v) is 9.69. The van der Waals surface area contributed by atoms with Crippen molar-refractivity contribution in [3.63, 3.8) is 0 Å². The molecule has 1 aromatic heterocycles. The number of imidazole rings is 1. The number of benzene rings is 2. The number of amides is 1. The summed E-state index contributed by atoms with van der Waals surface area (Å²) in [7, 11) is 0. The predicted molar refractivity (Wildman–Crippen MR) is 133 cm³/mol. The second kappa shape index (κ2) is 9.97. The van der Waals surface area contributed by atoms with Gasteiger partial charge < -0.3 is 18.8 Å². The van der Waals surface area contributed by atoms with Crippen LogP contribution in [0.1, 0.15) is 18.4 Å². The highest BCUT2D eigenvalue weighted by Crippen LogP contribution is 2.26. The Morgan fingerprint density at radius 1 is 0.970 bits per heavy atom. The van der Waals surface area contributed by atoms with Gasteiger partial charge in [0.25, 0.3) is 0 Å². The van der Waals surface area contributed by atoms with Gasteiger partial charge in [-0.3, -0.25) is 9.69 Å². The van der Waals surface area contributed by atoms with Crippen LogP contribution in [0.5, 0.6) is 0 Å². The Balaban J connectivity index is 1.33. The number of rotatable bonds is 5. The van der Waals surface area contributed by atoms with Gasteiger partial charge >= 0.3 is 0 Å². The third kappa shape index (κ3) is 4.87. The Labute approximate surface area is 204 Å². The van der Waals surface area contributed by atoms with Crippen LogP contribution in [0, 0.1) is 10.7 Å². The van der Waals surface area contributed by atoms with Crippen LogP contribution in [0.4, 0.5) is 0 Å². The van der Waals surface area contributed by atoms with Crippen LogP contribution in [-0.4, -0.2) is 64.2 Å². The molecule has 3 aromatic rings. The van der Waals surface area contributed by atoms with Crippen LogP contribution in [0.3, 0.4) is 0 Å². The van der Waals surface area contributed by atoms with Crippen molar-refractivity contribution in [3.8, 4) is 0 Å². The normalized spacial score (nSPS) is 18.2. The molecule has 2 saturated heterocycles. The molecule has 0 bridgehead atoms. The lowest BCUT2D eigenvalue weighted by molar-refractivity contribution is -0.141. The van der Waals surface area contributed by atoms with E-state index in [0.717, 1.165) is 61.4 Å². The molecular weight excluding hydrogens is 456 g/mol. The molecule has 0 aliphatic carbocycles. The summed E-state index contributed by atoms with van der Waals surface area (Å²) in [5.41, 5.74) is 3.35. The molecule has 0 unspecified atom stereocenters. The first-order valence-electron chi connectivity index (χ1n) is 11.6. The third-order valence-electron chi connectivity index (χ3n) is 6.77. The van der Waals surface area contributed by atoms with Crippen molar-refractivity contribution in [1.29, 1.82) is 0 Å². The van der Waals surface area contributed by atoms with Gasteiger partial charge in [-0.05, 0) is 48.8 Å². The second-order valence-electron chi connectivity index (χ2n) is 8.89. The molecule has 2 aliphatic heterocycles. The molecule has 0 saturated carbocycles. The summed E-state index contributed by atoms with van der Waals surface area (Å²) < 4.78 is 10.6. The summed E-state index contributed by atoms with van der Waals surface area (Å²) in [6, 6.07) is 16.4. The SMILES string of the molecule is O=C(C1CCN(Cn2c(=S)n(Cc3ccccc3)c3ccc(Cl)cc32)CC1)N1CCOCC1. The third-order valence-corrected chi connectivity index (χ3v) is 7.44. The minimum Gasteiger partial charge on any atom is -0.378 e. The lowest BCUT2D eigenvalue weighted by atomic mass is 9.95. The zero-order valence-corrected chi connectivity index (χ0v) is 20.2. The van der Waals surface area contributed by atoms with E-state index < -0.39 is 0 Å². The molecule has 5 rings (SSSR count). The minimum atomic E-state index is 0.112. The van der Waals surface area contributed by atoms with Gasteiger partial charge in [-0.2, -0.15) is 0 Å². The molecule has 2 aromatic carbocycles. The van der Waals surface area contributed by atoms with Crippen molar-refractivity contribution in [2.75, 3.05) is 39.4 Å². The van der Waals surface area contributed by atoms with Crippen LogP contribution in [-0.2, 0) is 22.7 Å². The molecule has 6 nitrogen and oxygen atoms in total. The van der Waals surface area contributed by atoms with E-state index in [4.69, 9.17) is 28.6 Å². The first-order valence-corrected chi connectivity index (χ1v) is 12.4. The van der Waals surface area contributed by atoms with Crippen molar-refractivity contribution in [1.82, 2.24) is 18.9 Å². The maximum Gasteiger partial charge on any atom is 0.225 e. The zero-order chi connectivity index (χ0) is 22.8. The fourth-order valence-corrected chi connectivity index (χ4v) is 5.40. The van der Waals surface area contributed by atoms with Crippen molar-refractivity contribution in [2.45, 2.75) is 26.1 Å². The molecule has 2 fully saturated rings. The zero-order valence-electron chi connectivity index (χ0n) is 18.7. The summed E-state index contributed by atoms with van der Waals surface area (Å²) in [5.74, 6) is 0.405. The summed E-state index contributed by atoms with van der Waals surface area (Å²) in [5, 5.41) is 0.706. The topological polar surface area (TPSA) is 42.6 Å². The molecule has 33 heavy (non-hydrogen) atoms. The lowest BCUT2D eigenvalue weighted by Gasteiger charge is -2.35. The number of halogens is 1. The van der Waals surface area contributed by atoms with Crippen molar-refractivity contribution in [2.24, 2.45) is 5.92 Å². The standard InChI is InChI=1S/C25H29ClN4O2S/c26-21-6-7-22-23(16-21)30(25(33)29(22)17-19-4-2-1-3-5-19)18-27-10-8-20(9-11-27)24(31)28-12-14-32-15-13-28/h1-7,16,20H,8-15,17-18H2. The Hall–Kier alpha value is -2.19. The van der Waals surface area contributed by atoms with Gasteiger partial charge in [0, 0.05) is 37.1 Å². The average Bonchev–Trinajstić information content (AvgIpc) is 3.10. The number of carbonyl (C=O) groups is 1.